The molecule has 0 aromatic heterocycles. The molecule has 82 valence electrons. The van der Waals surface area contributed by atoms with Crippen molar-refractivity contribution in [2.45, 2.75) is 37.6 Å². The summed E-state index contributed by atoms with van der Waals surface area (Å²) >= 11 is 3.25. The molecule has 2 atom stereocenters. The van der Waals surface area contributed by atoms with Crippen LogP contribution in [0.15, 0.2) is 0 Å². The van der Waals surface area contributed by atoms with E-state index in [4.69, 9.17) is 0 Å². The molecule has 15 heavy (non-hydrogen) atoms. The van der Waals surface area contributed by atoms with Crippen molar-refractivity contribution in [3.05, 3.63) is 0 Å². The summed E-state index contributed by atoms with van der Waals surface area (Å²) in [5.74, 6) is 3.12. The van der Waals surface area contributed by atoms with E-state index >= 15 is 0 Å². The van der Waals surface area contributed by atoms with Gasteiger partial charge in [-0.15, -0.1) is 0 Å². The van der Waals surface area contributed by atoms with E-state index in [-0.39, 0.29) is 11.4 Å². The largest absolute Gasteiger partial charge is 0.349 e. The van der Waals surface area contributed by atoms with Crippen LogP contribution in [-0.2, 0) is 4.79 Å². The molecule has 1 spiro atoms. The molecule has 2 nitrogen and oxygen atoms in total. The van der Waals surface area contributed by atoms with Crippen molar-refractivity contribution < 1.29 is 4.79 Å². The number of carbonyl (C=O) groups excluding carboxylic acids is 1. The summed E-state index contributed by atoms with van der Waals surface area (Å²) in [6.07, 6.45) is 6.90. The molecule has 4 saturated carbocycles. The topological polar surface area (TPSA) is 29.1 Å². The molecule has 4 rings (SSSR count). The van der Waals surface area contributed by atoms with Crippen molar-refractivity contribution in [1.82, 2.24) is 5.32 Å². The van der Waals surface area contributed by atoms with Crippen LogP contribution in [0.25, 0.3) is 0 Å². The summed E-state index contributed by atoms with van der Waals surface area (Å²) in [6.45, 7) is 0. The van der Waals surface area contributed by atoms with Gasteiger partial charge in [-0.25, -0.2) is 0 Å². The van der Waals surface area contributed by atoms with E-state index in [1.165, 1.54) is 32.1 Å². The second-order valence-electron chi connectivity index (χ2n) is 6.15. The summed E-state index contributed by atoms with van der Waals surface area (Å²) < 4.78 is 0. The number of nitrogens with one attached hydrogen (secondary N) is 1. The van der Waals surface area contributed by atoms with Crippen LogP contribution in [0.2, 0.25) is 0 Å². The lowest BCUT2D eigenvalue weighted by Gasteiger charge is -2.74. The molecule has 0 aromatic carbocycles. The zero-order valence-corrected chi connectivity index (χ0v) is 10.3. The third-order valence-electron chi connectivity index (χ3n) is 5.90. The van der Waals surface area contributed by atoms with Crippen LogP contribution >= 0.6 is 15.9 Å². The highest BCUT2D eigenvalue weighted by molar-refractivity contribution is 9.09. The predicted molar refractivity (Wildman–Crippen MR) is 60.7 cm³/mol. The van der Waals surface area contributed by atoms with E-state index in [0.717, 1.165) is 17.8 Å². The molecule has 2 unspecified atom stereocenters. The number of hydrogen-bond acceptors (Lipinski definition) is 1. The van der Waals surface area contributed by atoms with Gasteiger partial charge in [-0.2, -0.15) is 0 Å². The third-order valence-corrected chi connectivity index (χ3v) is 6.41. The Morgan fingerprint density at radius 2 is 1.93 bits per heavy atom. The van der Waals surface area contributed by atoms with Crippen LogP contribution in [-0.4, -0.2) is 16.8 Å². The molecule has 4 fully saturated rings. The Kier molecular flexibility index (Phi) is 1.47. The quantitative estimate of drug-likeness (QED) is 0.765. The normalized spacial score (nSPS) is 58.1. The SMILES string of the molecule is O=C(CBr)NC12CC3CC4CC(C1)C32C4. The van der Waals surface area contributed by atoms with Crippen molar-refractivity contribution in [2.75, 3.05) is 5.33 Å². The number of amides is 1. The van der Waals surface area contributed by atoms with E-state index in [1.807, 2.05) is 0 Å². The zero-order valence-electron chi connectivity index (χ0n) is 8.76. The summed E-state index contributed by atoms with van der Waals surface area (Å²) in [5.41, 5.74) is 0.827. The van der Waals surface area contributed by atoms with E-state index in [1.54, 1.807) is 0 Å². The first-order chi connectivity index (χ1) is 7.20. The smallest absolute Gasteiger partial charge is 0.231 e. The van der Waals surface area contributed by atoms with Gasteiger partial charge in [0.1, 0.15) is 0 Å². The van der Waals surface area contributed by atoms with Gasteiger partial charge >= 0.3 is 0 Å². The lowest BCUT2D eigenvalue weighted by atomic mass is 9.34. The fraction of sp³-hybridized carbons (Fsp3) is 0.917. The van der Waals surface area contributed by atoms with Crippen LogP contribution in [0, 0.1) is 23.2 Å². The van der Waals surface area contributed by atoms with Gasteiger partial charge in [0, 0.05) is 5.54 Å². The first-order valence-corrected chi connectivity index (χ1v) is 7.19. The first-order valence-electron chi connectivity index (χ1n) is 6.07. The van der Waals surface area contributed by atoms with E-state index in [2.05, 4.69) is 21.2 Å². The van der Waals surface area contributed by atoms with Crippen molar-refractivity contribution >= 4 is 21.8 Å². The highest BCUT2D eigenvalue weighted by Crippen LogP contribution is 2.82. The molecule has 2 bridgehead atoms. The minimum Gasteiger partial charge on any atom is -0.349 e. The maximum Gasteiger partial charge on any atom is 0.231 e. The van der Waals surface area contributed by atoms with Crippen LogP contribution in [0.4, 0.5) is 0 Å². The van der Waals surface area contributed by atoms with Crippen molar-refractivity contribution in [3.63, 3.8) is 0 Å². The molecule has 0 aliphatic heterocycles. The third kappa shape index (κ3) is 0.767. The fourth-order valence-corrected chi connectivity index (χ4v) is 5.84. The molecule has 4 aliphatic carbocycles. The van der Waals surface area contributed by atoms with E-state index < -0.39 is 0 Å². The molecule has 0 heterocycles. The Morgan fingerprint density at radius 3 is 2.47 bits per heavy atom. The Morgan fingerprint density at radius 1 is 1.27 bits per heavy atom. The standard InChI is InChI=1S/C12H16BrNO/c13-6-10(15)14-11-4-8-1-7-2-9(5-11)12(8,11)3-7/h7-9H,1-6H2,(H,14,15). The molecular weight excluding hydrogens is 254 g/mol. The van der Waals surface area contributed by atoms with Crippen LogP contribution in [0.5, 0.6) is 0 Å². The molecular formula is C12H16BrNO. The number of carbonyl (C=O) groups is 1. The molecule has 0 radical (unpaired) electrons. The Labute approximate surface area is 98.3 Å². The number of alkyl halides is 1. The van der Waals surface area contributed by atoms with Gasteiger partial charge in [0.05, 0.1) is 5.33 Å². The average Bonchev–Trinajstić information content (AvgIpc) is 2.69. The molecule has 1 N–H and O–H groups in total. The number of halogens is 1. The van der Waals surface area contributed by atoms with Gasteiger partial charge in [-0.1, -0.05) is 15.9 Å². The highest BCUT2D eigenvalue weighted by Gasteiger charge is 2.81. The Bertz CT molecular complexity index is 338. The average molecular weight is 270 g/mol. The van der Waals surface area contributed by atoms with E-state index in [9.17, 15) is 4.79 Å². The maximum absolute atomic E-state index is 11.5. The van der Waals surface area contributed by atoms with Crippen LogP contribution in [0.1, 0.15) is 32.1 Å². The van der Waals surface area contributed by atoms with Gasteiger partial charge in [-0.3, -0.25) is 4.79 Å². The molecule has 1 amide bonds. The second-order valence-corrected chi connectivity index (χ2v) is 6.71. The minimum atomic E-state index is 0.191. The van der Waals surface area contributed by atoms with Gasteiger partial charge in [0.2, 0.25) is 5.91 Å². The van der Waals surface area contributed by atoms with Gasteiger partial charge in [0.25, 0.3) is 0 Å². The second kappa shape index (κ2) is 2.44. The predicted octanol–water partition coefficient (Wildman–Crippen LogP) is 2.08. The summed E-state index contributed by atoms with van der Waals surface area (Å²) in [7, 11) is 0. The van der Waals surface area contributed by atoms with Gasteiger partial charge < -0.3 is 5.32 Å². The van der Waals surface area contributed by atoms with Gasteiger partial charge in [0.15, 0.2) is 0 Å². The van der Waals surface area contributed by atoms with Crippen molar-refractivity contribution in [3.8, 4) is 0 Å². The summed E-state index contributed by atoms with van der Waals surface area (Å²) in [5, 5.41) is 3.77. The molecule has 4 aliphatic rings. The number of hydrogen-bond donors (Lipinski definition) is 1. The van der Waals surface area contributed by atoms with Crippen LogP contribution < -0.4 is 5.32 Å². The highest BCUT2D eigenvalue weighted by atomic mass is 79.9. The lowest BCUT2D eigenvalue weighted by molar-refractivity contribution is -0.214. The zero-order chi connectivity index (χ0) is 10.3. The number of fused-ring (bicyclic) bond motifs is 1. The lowest BCUT2D eigenvalue weighted by Crippen LogP contribution is -2.79. The fourth-order valence-electron chi connectivity index (χ4n) is 5.70. The molecule has 3 heteroatoms. The van der Waals surface area contributed by atoms with Crippen LogP contribution in [0.3, 0.4) is 0 Å². The van der Waals surface area contributed by atoms with Crippen molar-refractivity contribution in [1.29, 1.82) is 0 Å². The van der Waals surface area contributed by atoms with E-state index in [0.29, 0.717) is 10.7 Å². The molecule has 0 aromatic rings. The molecule has 0 saturated heterocycles. The van der Waals surface area contributed by atoms with Crippen molar-refractivity contribution in [2.24, 2.45) is 23.2 Å². The Balaban J connectivity index is 1.64. The van der Waals surface area contributed by atoms with Gasteiger partial charge in [-0.05, 0) is 55.3 Å². The first kappa shape index (κ1) is 9.03. The summed E-state index contributed by atoms with van der Waals surface area (Å²) in [4.78, 5) is 11.5. The number of rotatable bonds is 2. The monoisotopic (exact) mass is 269 g/mol. The maximum atomic E-state index is 11.5. The Hall–Kier alpha value is -0.0500. The summed E-state index contributed by atoms with van der Waals surface area (Å²) in [6, 6.07) is 0. The minimum absolute atomic E-state index is 0.191.